The first-order chi connectivity index (χ1) is 9.12. The standard InChI is InChI=1S/C14H15NO4/c1-4-19-14(17)13-11(7-16)10-6-9(18-3)5-8(2)12(10)15-13/h5-7,15H,4H2,1-3H3. The van der Waals surface area contributed by atoms with Crippen LogP contribution in [0.3, 0.4) is 0 Å². The number of hydrogen-bond donors (Lipinski definition) is 1. The van der Waals surface area contributed by atoms with Crippen LogP contribution in [-0.4, -0.2) is 31.0 Å². The third-order valence-electron chi connectivity index (χ3n) is 2.95. The molecule has 0 spiro atoms. The first-order valence-corrected chi connectivity index (χ1v) is 5.95. The van der Waals surface area contributed by atoms with Gasteiger partial charge in [-0.2, -0.15) is 0 Å². The van der Waals surface area contributed by atoms with E-state index in [2.05, 4.69) is 4.98 Å². The van der Waals surface area contributed by atoms with Crippen molar-refractivity contribution < 1.29 is 19.1 Å². The minimum atomic E-state index is -0.529. The van der Waals surface area contributed by atoms with Gasteiger partial charge in [-0.15, -0.1) is 0 Å². The number of aldehydes is 1. The average Bonchev–Trinajstić information content (AvgIpc) is 2.77. The van der Waals surface area contributed by atoms with Crippen LogP contribution in [0.2, 0.25) is 0 Å². The Kier molecular flexibility index (Phi) is 3.55. The number of ether oxygens (including phenoxy) is 2. The molecule has 1 aromatic carbocycles. The van der Waals surface area contributed by atoms with Gasteiger partial charge in [-0.1, -0.05) is 0 Å². The number of aryl methyl sites for hydroxylation is 1. The van der Waals surface area contributed by atoms with Crippen molar-refractivity contribution in [2.75, 3.05) is 13.7 Å². The van der Waals surface area contributed by atoms with Gasteiger partial charge in [-0.05, 0) is 31.5 Å². The van der Waals surface area contributed by atoms with Gasteiger partial charge in [-0.25, -0.2) is 4.79 Å². The molecule has 1 N–H and O–H groups in total. The van der Waals surface area contributed by atoms with Gasteiger partial charge in [0.15, 0.2) is 6.29 Å². The van der Waals surface area contributed by atoms with E-state index in [4.69, 9.17) is 9.47 Å². The predicted octanol–water partition coefficient (Wildman–Crippen LogP) is 2.47. The average molecular weight is 261 g/mol. The fourth-order valence-corrected chi connectivity index (χ4v) is 2.06. The first-order valence-electron chi connectivity index (χ1n) is 5.95. The highest BCUT2D eigenvalue weighted by atomic mass is 16.5. The van der Waals surface area contributed by atoms with Crippen LogP contribution in [0, 0.1) is 6.92 Å². The predicted molar refractivity (Wildman–Crippen MR) is 70.9 cm³/mol. The molecule has 0 fully saturated rings. The Morgan fingerprint density at radius 2 is 2.16 bits per heavy atom. The Morgan fingerprint density at radius 3 is 2.74 bits per heavy atom. The van der Waals surface area contributed by atoms with Crippen molar-refractivity contribution in [3.63, 3.8) is 0 Å². The topological polar surface area (TPSA) is 68.4 Å². The largest absolute Gasteiger partial charge is 0.497 e. The van der Waals surface area contributed by atoms with Crippen LogP contribution in [0.15, 0.2) is 12.1 Å². The highest BCUT2D eigenvalue weighted by Crippen LogP contribution is 2.29. The summed E-state index contributed by atoms with van der Waals surface area (Å²) >= 11 is 0. The summed E-state index contributed by atoms with van der Waals surface area (Å²) < 4.78 is 10.1. The minimum absolute atomic E-state index is 0.184. The van der Waals surface area contributed by atoms with Gasteiger partial charge in [0.1, 0.15) is 11.4 Å². The van der Waals surface area contributed by atoms with E-state index in [1.807, 2.05) is 13.0 Å². The minimum Gasteiger partial charge on any atom is -0.497 e. The van der Waals surface area contributed by atoms with E-state index < -0.39 is 5.97 Å². The van der Waals surface area contributed by atoms with Crippen molar-refractivity contribution >= 4 is 23.2 Å². The molecule has 5 heteroatoms. The summed E-state index contributed by atoms with van der Waals surface area (Å²) in [4.78, 5) is 26.0. The van der Waals surface area contributed by atoms with Crippen LogP contribution in [0.1, 0.15) is 33.3 Å². The zero-order valence-electron chi connectivity index (χ0n) is 11.1. The van der Waals surface area contributed by atoms with Gasteiger partial charge in [0.05, 0.1) is 24.8 Å². The van der Waals surface area contributed by atoms with Gasteiger partial charge in [0, 0.05) is 5.39 Å². The fourth-order valence-electron chi connectivity index (χ4n) is 2.06. The van der Waals surface area contributed by atoms with Crippen LogP contribution in [0.25, 0.3) is 10.9 Å². The molecule has 2 aromatic rings. The number of fused-ring (bicyclic) bond motifs is 1. The number of H-pyrrole nitrogens is 1. The molecule has 100 valence electrons. The number of hydrogen-bond acceptors (Lipinski definition) is 4. The number of methoxy groups -OCH3 is 1. The van der Waals surface area contributed by atoms with E-state index in [9.17, 15) is 9.59 Å². The molecule has 5 nitrogen and oxygen atoms in total. The molecule has 0 saturated carbocycles. The lowest BCUT2D eigenvalue weighted by Crippen LogP contribution is -2.07. The zero-order valence-corrected chi connectivity index (χ0v) is 11.1. The number of benzene rings is 1. The third kappa shape index (κ3) is 2.19. The number of carbonyl (C=O) groups is 2. The van der Waals surface area contributed by atoms with Gasteiger partial charge in [0.2, 0.25) is 0 Å². The molecule has 0 saturated heterocycles. The fraction of sp³-hybridized carbons (Fsp3) is 0.286. The maximum atomic E-state index is 11.8. The summed E-state index contributed by atoms with van der Waals surface area (Å²) in [6.07, 6.45) is 0.657. The normalized spacial score (nSPS) is 10.5. The van der Waals surface area contributed by atoms with Gasteiger partial charge < -0.3 is 14.5 Å². The van der Waals surface area contributed by atoms with E-state index in [-0.39, 0.29) is 12.3 Å². The van der Waals surface area contributed by atoms with Gasteiger partial charge >= 0.3 is 5.97 Å². The third-order valence-corrected chi connectivity index (χ3v) is 2.95. The summed E-state index contributed by atoms with van der Waals surface area (Å²) in [5.41, 5.74) is 2.12. The number of aromatic amines is 1. The van der Waals surface area contributed by atoms with Crippen LogP contribution in [-0.2, 0) is 4.74 Å². The highest BCUT2D eigenvalue weighted by molar-refractivity contribution is 6.09. The van der Waals surface area contributed by atoms with Gasteiger partial charge in [-0.3, -0.25) is 4.79 Å². The summed E-state index contributed by atoms with van der Waals surface area (Å²) in [6, 6.07) is 3.56. The van der Waals surface area contributed by atoms with Crippen molar-refractivity contribution in [2.45, 2.75) is 13.8 Å². The maximum Gasteiger partial charge on any atom is 0.355 e. The van der Waals surface area contributed by atoms with Crippen molar-refractivity contribution in [1.82, 2.24) is 4.98 Å². The number of esters is 1. The highest BCUT2D eigenvalue weighted by Gasteiger charge is 2.19. The second-order valence-corrected chi connectivity index (χ2v) is 4.12. The van der Waals surface area contributed by atoms with E-state index >= 15 is 0 Å². The maximum absolute atomic E-state index is 11.8. The molecule has 0 aliphatic carbocycles. The van der Waals surface area contributed by atoms with Crippen LogP contribution in [0.5, 0.6) is 5.75 Å². The Hall–Kier alpha value is -2.30. The second kappa shape index (κ2) is 5.14. The summed E-state index contributed by atoms with van der Waals surface area (Å²) in [5, 5.41) is 0.662. The van der Waals surface area contributed by atoms with E-state index in [1.54, 1.807) is 20.1 Å². The molecule has 1 aromatic heterocycles. The van der Waals surface area contributed by atoms with Crippen molar-refractivity contribution in [3.05, 3.63) is 29.0 Å². The Labute approximate surface area is 110 Å². The second-order valence-electron chi connectivity index (χ2n) is 4.12. The molecule has 0 radical (unpaired) electrons. The molecule has 0 amide bonds. The first kappa shape index (κ1) is 13.1. The Morgan fingerprint density at radius 1 is 1.42 bits per heavy atom. The van der Waals surface area contributed by atoms with Crippen molar-refractivity contribution in [2.24, 2.45) is 0 Å². The number of rotatable bonds is 4. The van der Waals surface area contributed by atoms with Crippen LogP contribution >= 0.6 is 0 Å². The molecule has 0 aliphatic rings. The summed E-state index contributed by atoms with van der Waals surface area (Å²) in [5.74, 6) is 0.113. The van der Waals surface area contributed by atoms with E-state index in [0.717, 1.165) is 11.1 Å². The van der Waals surface area contributed by atoms with Crippen LogP contribution < -0.4 is 4.74 Å². The van der Waals surface area contributed by atoms with Gasteiger partial charge in [0.25, 0.3) is 0 Å². The molecule has 0 atom stereocenters. The van der Waals surface area contributed by atoms with E-state index in [1.165, 1.54) is 0 Å². The molecule has 0 unspecified atom stereocenters. The molecular weight excluding hydrogens is 246 g/mol. The molecule has 1 heterocycles. The Balaban J connectivity index is 2.70. The smallest absolute Gasteiger partial charge is 0.355 e. The van der Waals surface area contributed by atoms with Crippen molar-refractivity contribution in [3.8, 4) is 5.75 Å². The molecular formula is C14H15NO4. The monoisotopic (exact) mass is 261 g/mol. The quantitative estimate of drug-likeness (QED) is 0.678. The Bertz CT molecular complexity index is 642. The molecule has 2 rings (SSSR count). The summed E-state index contributed by atoms with van der Waals surface area (Å²) in [7, 11) is 1.56. The summed E-state index contributed by atoms with van der Waals surface area (Å²) in [6.45, 7) is 3.86. The zero-order chi connectivity index (χ0) is 14.0. The van der Waals surface area contributed by atoms with Crippen molar-refractivity contribution in [1.29, 1.82) is 0 Å². The lowest BCUT2D eigenvalue weighted by molar-refractivity contribution is 0.0518. The van der Waals surface area contributed by atoms with E-state index in [0.29, 0.717) is 23.0 Å². The lowest BCUT2D eigenvalue weighted by atomic mass is 10.1. The SMILES string of the molecule is CCOC(=O)c1[nH]c2c(C)cc(OC)cc2c1C=O. The lowest BCUT2D eigenvalue weighted by Gasteiger charge is -2.02. The number of nitrogens with one attached hydrogen (secondary N) is 1. The molecule has 19 heavy (non-hydrogen) atoms. The molecule has 0 aliphatic heterocycles. The molecule has 0 bridgehead atoms. The number of carbonyl (C=O) groups excluding carboxylic acids is 2. The number of aromatic nitrogens is 1. The van der Waals surface area contributed by atoms with Crippen LogP contribution in [0.4, 0.5) is 0 Å².